The number of aliphatic hydroxyl groups is 3. The molecule has 0 unspecified atom stereocenters. The molecule has 126 valence electrons. The summed E-state index contributed by atoms with van der Waals surface area (Å²) in [7, 11) is 0. The summed E-state index contributed by atoms with van der Waals surface area (Å²) in [4.78, 5) is 3.05. The number of alkyl halides is 1. The Hall–Kier alpha value is -0.870. The van der Waals surface area contributed by atoms with Gasteiger partial charge in [0.1, 0.15) is 6.10 Å². The van der Waals surface area contributed by atoms with Gasteiger partial charge in [-0.3, -0.25) is 4.29 Å². The number of para-hydroxylation sites is 1. The summed E-state index contributed by atoms with van der Waals surface area (Å²) < 4.78 is 14.3. The molecule has 1 fully saturated rings. The topological polar surface area (TPSA) is 104 Å². The first-order valence-corrected chi connectivity index (χ1v) is 7.94. The fraction of sp³-hybridized carbons (Fsp3) is 0.429. The first-order chi connectivity index (χ1) is 11.0. The molecule has 0 radical (unpaired) electrons. The van der Waals surface area contributed by atoms with Crippen LogP contribution < -0.4 is 4.74 Å². The summed E-state index contributed by atoms with van der Waals surface area (Å²) in [5.74, 6) is 0.374. The van der Waals surface area contributed by atoms with Gasteiger partial charge in [-0.1, -0.05) is 18.2 Å². The Morgan fingerprint density at radius 3 is 2.74 bits per heavy atom. The molecule has 0 spiro atoms. The molecule has 0 amide bonds. The number of aliphatic hydroxyl groups excluding tert-OH is 3. The fourth-order valence-corrected chi connectivity index (χ4v) is 3.30. The maximum atomic E-state index is 9.98. The second kappa shape index (κ2) is 6.56. The Morgan fingerprint density at radius 1 is 1.35 bits per heavy atom. The third kappa shape index (κ3) is 3.08. The van der Waals surface area contributed by atoms with Crippen molar-refractivity contribution in [2.24, 2.45) is 0 Å². The first-order valence-electron chi connectivity index (χ1n) is 6.84. The Balaban J connectivity index is 1.93. The summed E-state index contributed by atoms with van der Waals surface area (Å²) >= 11 is 8.64. The molecule has 0 saturated carbocycles. The maximum absolute atomic E-state index is 9.98. The van der Waals surface area contributed by atoms with Crippen LogP contribution in [0.4, 0.5) is 0 Å². The highest BCUT2D eigenvalue weighted by atomic mass is 79.9. The van der Waals surface area contributed by atoms with E-state index in [2.05, 4.69) is 20.9 Å². The molecular weight excluding hydrogens is 394 g/mol. The number of benzene rings is 1. The minimum Gasteiger partial charge on any atom is -0.469 e. The number of H-pyrrole nitrogens is 1. The van der Waals surface area contributed by atoms with E-state index in [4.69, 9.17) is 25.6 Å². The number of ether oxygens (including phenoxy) is 2. The molecule has 23 heavy (non-hydrogen) atoms. The van der Waals surface area contributed by atoms with Gasteiger partial charge in [0.25, 0.3) is 0 Å². The highest BCUT2D eigenvalue weighted by Crippen LogP contribution is 2.38. The molecule has 1 aromatic carbocycles. The minimum atomic E-state index is -1.59. The molecule has 1 aliphatic heterocycles. The molecule has 0 bridgehead atoms. The molecule has 4 N–H and O–H groups in total. The van der Waals surface area contributed by atoms with E-state index in [0.717, 1.165) is 10.9 Å². The van der Waals surface area contributed by atoms with Crippen LogP contribution >= 0.6 is 27.8 Å². The molecule has 9 heteroatoms. The number of aromatic amines is 1. The zero-order valence-corrected chi connectivity index (χ0v) is 14.1. The van der Waals surface area contributed by atoms with E-state index in [0.29, 0.717) is 5.88 Å². The van der Waals surface area contributed by atoms with E-state index in [-0.39, 0.29) is 0 Å². The largest absolute Gasteiger partial charge is 0.469 e. The van der Waals surface area contributed by atoms with Gasteiger partial charge in [0.15, 0.2) is 28.9 Å². The van der Waals surface area contributed by atoms with Gasteiger partial charge in [-0.05, 0) is 22.0 Å². The van der Waals surface area contributed by atoms with Crippen LogP contribution in [0.1, 0.15) is 0 Å². The highest BCUT2D eigenvalue weighted by molar-refractivity contribution is 9.10. The first kappa shape index (κ1) is 17.0. The van der Waals surface area contributed by atoms with Crippen molar-refractivity contribution in [1.82, 2.24) is 4.98 Å². The van der Waals surface area contributed by atoms with E-state index in [1.807, 2.05) is 24.3 Å². The van der Waals surface area contributed by atoms with Crippen molar-refractivity contribution in [3.63, 3.8) is 0 Å². The van der Waals surface area contributed by atoms with Crippen molar-refractivity contribution in [1.29, 1.82) is 0 Å². The van der Waals surface area contributed by atoms with Crippen LogP contribution in [-0.2, 0) is 9.03 Å². The van der Waals surface area contributed by atoms with Crippen molar-refractivity contribution in [2.75, 3.05) is 6.61 Å². The van der Waals surface area contributed by atoms with Crippen LogP contribution in [0.25, 0.3) is 10.9 Å². The lowest BCUT2D eigenvalue weighted by atomic mass is 9.99. The Kier molecular flexibility index (Phi) is 4.84. The van der Waals surface area contributed by atoms with Gasteiger partial charge in [0.2, 0.25) is 0 Å². The molecule has 0 aliphatic carbocycles. The summed E-state index contributed by atoms with van der Waals surface area (Å²) in [5, 5.41) is 30.2. The number of aromatic nitrogens is 1. The molecule has 1 saturated heterocycles. The van der Waals surface area contributed by atoms with E-state index >= 15 is 0 Å². The van der Waals surface area contributed by atoms with Crippen molar-refractivity contribution in [3.8, 4) is 5.88 Å². The number of rotatable bonds is 4. The van der Waals surface area contributed by atoms with E-state index in [9.17, 15) is 15.3 Å². The molecule has 2 heterocycles. The number of nitrogens with one attached hydrogen (secondary N) is 1. The summed E-state index contributed by atoms with van der Waals surface area (Å²) in [6, 6.07) is 9.29. The molecule has 1 aliphatic rings. The lowest BCUT2D eigenvalue weighted by molar-refractivity contribution is -0.287. The van der Waals surface area contributed by atoms with Crippen LogP contribution in [0.2, 0.25) is 0 Å². The number of hydrogen-bond acceptors (Lipinski definition) is 6. The van der Waals surface area contributed by atoms with Gasteiger partial charge in [-0.15, -0.1) is 0 Å². The van der Waals surface area contributed by atoms with E-state index in [1.165, 1.54) is 0 Å². The molecule has 3 rings (SSSR count). The standard InChI is InChI=1S/C14H15BrClNO6/c15-14(6-18)12(11(23-16)10(19)13(20)22-14)21-9-5-7-3-1-2-4-8(7)17-9/h1-5,10-13,17-20H,6H2/t10-,11-,12+,13-,14-/m1/s1. The van der Waals surface area contributed by atoms with Crippen LogP contribution in [-0.4, -0.2) is 56.0 Å². The number of fused-ring (bicyclic) bond motifs is 1. The van der Waals surface area contributed by atoms with Crippen molar-refractivity contribution in [2.45, 2.75) is 29.1 Å². The summed E-state index contributed by atoms with van der Waals surface area (Å²) in [5.41, 5.74) is 0.854. The predicted molar refractivity (Wildman–Crippen MR) is 85.3 cm³/mol. The molecular formula is C14H15BrClNO6. The second-order valence-electron chi connectivity index (χ2n) is 5.26. The Labute approximate surface area is 145 Å². The molecule has 1 aromatic heterocycles. The Morgan fingerprint density at radius 2 is 2.09 bits per heavy atom. The number of halogens is 2. The van der Waals surface area contributed by atoms with Gasteiger partial charge >= 0.3 is 0 Å². The third-order valence-corrected chi connectivity index (χ3v) is 4.84. The zero-order valence-electron chi connectivity index (χ0n) is 11.7. The van der Waals surface area contributed by atoms with Gasteiger partial charge in [-0.2, -0.15) is 0 Å². The van der Waals surface area contributed by atoms with Crippen molar-refractivity contribution in [3.05, 3.63) is 30.3 Å². The van der Waals surface area contributed by atoms with Crippen LogP contribution in [0.3, 0.4) is 0 Å². The second-order valence-corrected chi connectivity index (χ2v) is 6.78. The smallest absolute Gasteiger partial charge is 0.192 e. The third-order valence-electron chi connectivity index (χ3n) is 3.75. The van der Waals surface area contributed by atoms with Crippen LogP contribution in [0, 0.1) is 0 Å². The summed E-state index contributed by atoms with van der Waals surface area (Å²) in [6.07, 6.45) is -5.21. The minimum absolute atomic E-state index is 0.374. The average molecular weight is 409 g/mol. The zero-order chi connectivity index (χ0) is 16.6. The van der Waals surface area contributed by atoms with Crippen molar-refractivity contribution >= 4 is 38.7 Å². The summed E-state index contributed by atoms with van der Waals surface area (Å²) in [6.45, 7) is -0.543. The van der Waals surface area contributed by atoms with Crippen molar-refractivity contribution < 1.29 is 29.1 Å². The Bertz CT molecular complexity index is 651. The van der Waals surface area contributed by atoms with Crippen LogP contribution in [0.5, 0.6) is 5.88 Å². The fourth-order valence-electron chi connectivity index (χ4n) is 2.55. The monoisotopic (exact) mass is 407 g/mol. The highest BCUT2D eigenvalue weighted by Gasteiger charge is 2.55. The molecule has 7 nitrogen and oxygen atoms in total. The van der Waals surface area contributed by atoms with Gasteiger partial charge in [0.05, 0.1) is 18.5 Å². The average Bonchev–Trinajstić information content (AvgIpc) is 2.95. The normalized spacial score (nSPS) is 34.7. The lowest BCUT2D eigenvalue weighted by Crippen LogP contribution is -2.65. The molecule has 2 aromatic rings. The maximum Gasteiger partial charge on any atom is 0.192 e. The van der Waals surface area contributed by atoms with Gasteiger partial charge in [-0.25, -0.2) is 0 Å². The van der Waals surface area contributed by atoms with E-state index < -0.39 is 35.7 Å². The lowest BCUT2D eigenvalue weighted by Gasteiger charge is -2.45. The molecule has 5 atom stereocenters. The quantitative estimate of drug-likeness (QED) is 0.568. The predicted octanol–water partition coefficient (Wildman–Crippen LogP) is 1.25. The number of hydrogen-bond donors (Lipinski definition) is 4. The van der Waals surface area contributed by atoms with Gasteiger partial charge < -0.3 is 29.8 Å². The van der Waals surface area contributed by atoms with Crippen LogP contribution in [0.15, 0.2) is 30.3 Å². The SMILES string of the molecule is OC[C@@]1(Br)O[C@@H](O)[C@H](O)[C@@H](OCl)[C@@H]1Oc1cc2ccccc2[nH]1. The van der Waals surface area contributed by atoms with E-state index in [1.54, 1.807) is 6.07 Å². The van der Waals surface area contributed by atoms with Gasteiger partial charge in [0, 0.05) is 17.0 Å².